The average molecular weight is 291 g/mol. The van der Waals surface area contributed by atoms with E-state index in [1.165, 1.54) is 30.5 Å². The standard InChI is InChI=1S/C14H8F3N3O/c15-14(16,17)10-3-1-2-4-11(10)20-13(21)12-6-5-9(7-18)8-19-12/h1-6,8H,(H,20,21). The number of halogens is 3. The third-order valence-corrected chi connectivity index (χ3v) is 2.61. The van der Waals surface area contributed by atoms with E-state index in [1.807, 2.05) is 6.07 Å². The molecular formula is C14H8F3N3O. The lowest BCUT2D eigenvalue weighted by Crippen LogP contribution is -2.17. The van der Waals surface area contributed by atoms with Crippen molar-refractivity contribution in [3.05, 3.63) is 59.4 Å². The fourth-order valence-corrected chi connectivity index (χ4v) is 1.62. The van der Waals surface area contributed by atoms with E-state index in [0.717, 1.165) is 12.1 Å². The molecule has 21 heavy (non-hydrogen) atoms. The summed E-state index contributed by atoms with van der Waals surface area (Å²) in [5.41, 5.74) is -1.11. The predicted molar refractivity (Wildman–Crippen MR) is 68.3 cm³/mol. The molecule has 0 unspecified atom stereocenters. The number of carbonyl (C=O) groups excluding carboxylic acids is 1. The van der Waals surface area contributed by atoms with Gasteiger partial charge in [-0.3, -0.25) is 4.79 Å². The van der Waals surface area contributed by atoms with Crippen LogP contribution in [-0.2, 0) is 6.18 Å². The molecule has 2 rings (SSSR count). The molecule has 106 valence electrons. The average Bonchev–Trinajstić information content (AvgIpc) is 2.47. The zero-order valence-electron chi connectivity index (χ0n) is 10.5. The Hall–Kier alpha value is -2.88. The highest BCUT2D eigenvalue weighted by molar-refractivity contribution is 6.03. The second kappa shape index (κ2) is 5.63. The van der Waals surface area contributed by atoms with Crippen molar-refractivity contribution < 1.29 is 18.0 Å². The SMILES string of the molecule is N#Cc1ccc(C(=O)Nc2ccccc2C(F)(F)F)nc1. The number of hydrogen-bond donors (Lipinski definition) is 1. The molecule has 1 amide bonds. The monoisotopic (exact) mass is 291 g/mol. The predicted octanol–water partition coefficient (Wildman–Crippen LogP) is 3.22. The van der Waals surface area contributed by atoms with Crippen molar-refractivity contribution in [3.8, 4) is 6.07 Å². The molecule has 0 bridgehead atoms. The molecule has 1 heterocycles. The van der Waals surface area contributed by atoms with E-state index >= 15 is 0 Å². The Morgan fingerprint density at radius 2 is 1.90 bits per heavy atom. The molecule has 0 atom stereocenters. The van der Waals surface area contributed by atoms with Crippen LogP contribution in [0.1, 0.15) is 21.6 Å². The minimum atomic E-state index is -4.57. The quantitative estimate of drug-likeness (QED) is 0.923. The first kappa shape index (κ1) is 14.5. The van der Waals surface area contributed by atoms with Crippen LogP contribution in [0, 0.1) is 11.3 Å². The van der Waals surface area contributed by atoms with Crippen LogP contribution in [-0.4, -0.2) is 10.9 Å². The number of nitrogens with one attached hydrogen (secondary N) is 1. The number of alkyl halides is 3. The highest BCUT2D eigenvalue weighted by Crippen LogP contribution is 2.34. The van der Waals surface area contributed by atoms with Gasteiger partial charge in [-0.05, 0) is 24.3 Å². The van der Waals surface area contributed by atoms with E-state index in [2.05, 4.69) is 10.3 Å². The van der Waals surface area contributed by atoms with E-state index < -0.39 is 17.6 Å². The first-order valence-corrected chi connectivity index (χ1v) is 5.75. The summed E-state index contributed by atoms with van der Waals surface area (Å²) in [6.07, 6.45) is -3.40. The first-order chi connectivity index (χ1) is 9.91. The summed E-state index contributed by atoms with van der Waals surface area (Å²) in [5, 5.41) is 10.8. The van der Waals surface area contributed by atoms with Crippen molar-refractivity contribution in [2.24, 2.45) is 0 Å². The fraction of sp³-hybridized carbons (Fsp3) is 0.0714. The van der Waals surface area contributed by atoms with Gasteiger partial charge in [0.1, 0.15) is 11.8 Å². The Labute approximate surface area is 117 Å². The number of benzene rings is 1. The number of nitrogens with zero attached hydrogens (tertiary/aromatic N) is 2. The minimum Gasteiger partial charge on any atom is -0.320 e. The van der Waals surface area contributed by atoms with Gasteiger partial charge in [-0.1, -0.05) is 12.1 Å². The molecular weight excluding hydrogens is 283 g/mol. The fourth-order valence-electron chi connectivity index (χ4n) is 1.62. The van der Waals surface area contributed by atoms with Crippen LogP contribution in [0.2, 0.25) is 0 Å². The van der Waals surface area contributed by atoms with Gasteiger partial charge in [-0.2, -0.15) is 18.4 Å². The molecule has 2 aromatic rings. The molecule has 0 spiro atoms. The molecule has 1 aromatic carbocycles. The minimum absolute atomic E-state index is 0.0778. The lowest BCUT2D eigenvalue weighted by atomic mass is 10.1. The van der Waals surface area contributed by atoms with Gasteiger partial charge in [-0.15, -0.1) is 0 Å². The highest BCUT2D eigenvalue weighted by atomic mass is 19.4. The third-order valence-electron chi connectivity index (χ3n) is 2.61. The van der Waals surface area contributed by atoms with Gasteiger partial charge in [0, 0.05) is 6.20 Å². The number of hydrogen-bond acceptors (Lipinski definition) is 3. The van der Waals surface area contributed by atoms with Crippen molar-refractivity contribution in [1.29, 1.82) is 5.26 Å². The Balaban J connectivity index is 2.26. The number of para-hydroxylation sites is 1. The van der Waals surface area contributed by atoms with Crippen LogP contribution < -0.4 is 5.32 Å². The largest absolute Gasteiger partial charge is 0.418 e. The zero-order valence-corrected chi connectivity index (χ0v) is 10.5. The van der Waals surface area contributed by atoms with Gasteiger partial charge in [-0.25, -0.2) is 4.98 Å². The molecule has 0 aliphatic rings. The van der Waals surface area contributed by atoms with E-state index in [-0.39, 0.29) is 16.9 Å². The molecule has 0 saturated heterocycles. The van der Waals surface area contributed by atoms with Crippen LogP contribution in [0.4, 0.5) is 18.9 Å². The van der Waals surface area contributed by atoms with Crippen LogP contribution in [0.3, 0.4) is 0 Å². The van der Waals surface area contributed by atoms with Gasteiger partial charge in [0.2, 0.25) is 0 Å². The Kier molecular flexibility index (Phi) is 3.89. The first-order valence-electron chi connectivity index (χ1n) is 5.75. The normalized spacial score (nSPS) is 10.8. The molecule has 7 heteroatoms. The summed E-state index contributed by atoms with van der Waals surface area (Å²) in [5.74, 6) is -0.781. The van der Waals surface area contributed by atoms with E-state index in [9.17, 15) is 18.0 Å². The number of aromatic nitrogens is 1. The van der Waals surface area contributed by atoms with Crippen molar-refractivity contribution in [1.82, 2.24) is 4.98 Å². The Morgan fingerprint density at radius 1 is 1.19 bits per heavy atom. The summed E-state index contributed by atoms with van der Waals surface area (Å²) in [6.45, 7) is 0. The van der Waals surface area contributed by atoms with Crippen LogP contribution >= 0.6 is 0 Å². The van der Waals surface area contributed by atoms with Crippen LogP contribution in [0.15, 0.2) is 42.6 Å². The number of anilines is 1. The Bertz CT molecular complexity index is 703. The molecule has 0 aliphatic heterocycles. The molecule has 0 saturated carbocycles. The van der Waals surface area contributed by atoms with Crippen LogP contribution in [0.25, 0.3) is 0 Å². The maximum atomic E-state index is 12.8. The number of amides is 1. The number of carbonyl (C=O) groups is 1. The molecule has 0 radical (unpaired) electrons. The zero-order chi connectivity index (χ0) is 15.5. The van der Waals surface area contributed by atoms with E-state index in [4.69, 9.17) is 5.26 Å². The summed E-state index contributed by atoms with van der Waals surface area (Å²) in [7, 11) is 0. The topological polar surface area (TPSA) is 65.8 Å². The number of pyridine rings is 1. The van der Waals surface area contributed by atoms with Crippen molar-refractivity contribution in [2.45, 2.75) is 6.18 Å². The van der Waals surface area contributed by atoms with Gasteiger partial charge < -0.3 is 5.32 Å². The van der Waals surface area contributed by atoms with Gasteiger partial charge in [0.15, 0.2) is 0 Å². The molecule has 0 aliphatic carbocycles. The summed E-state index contributed by atoms with van der Waals surface area (Å²) < 4.78 is 38.4. The van der Waals surface area contributed by atoms with Gasteiger partial charge in [0.25, 0.3) is 5.91 Å². The Morgan fingerprint density at radius 3 is 2.48 bits per heavy atom. The number of rotatable bonds is 2. The molecule has 0 fully saturated rings. The van der Waals surface area contributed by atoms with Crippen molar-refractivity contribution in [2.75, 3.05) is 5.32 Å². The second-order valence-corrected chi connectivity index (χ2v) is 4.04. The number of nitriles is 1. The highest BCUT2D eigenvalue weighted by Gasteiger charge is 2.33. The lowest BCUT2D eigenvalue weighted by molar-refractivity contribution is -0.136. The summed E-state index contributed by atoms with van der Waals surface area (Å²) >= 11 is 0. The summed E-state index contributed by atoms with van der Waals surface area (Å²) in [6, 6.07) is 9.11. The third kappa shape index (κ3) is 3.36. The van der Waals surface area contributed by atoms with E-state index in [0.29, 0.717) is 0 Å². The second-order valence-electron chi connectivity index (χ2n) is 4.04. The van der Waals surface area contributed by atoms with Crippen molar-refractivity contribution in [3.63, 3.8) is 0 Å². The van der Waals surface area contributed by atoms with Gasteiger partial charge >= 0.3 is 6.18 Å². The maximum Gasteiger partial charge on any atom is 0.418 e. The van der Waals surface area contributed by atoms with E-state index in [1.54, 1.807) is 0 Å². The molecule has 1 aromatic heterocycles. The maximum absolute atomic E-state index is 12.8. The lowest BCUT2D eigenvalue weighted by Gasteiger charge is -2.13. The van der Waals surface area contributed by atoms with Crippen molar-refractivity contribution >= 4 is 11.6 Å². The smallest absolute Gasteiger partial charge is 0.320 e. The molecule has 1 N–H and O–H groups in total. The van der Waals surface area contributed by atoms with Crippen LogP contribution in [0.5, 0.6) is 0 Å². The van der Waals surface area contributed by atoms with Gasteiger partial charge in [0.05, 0.1) is 16.8 Å². The molecule has 4 nitrogen and oxygen atoms in total. The summed E-state index contributed by atoms with van der Waals surface area (Å²) in [4.78, 5) is 15.6.